The van der Waals surface area contributed by atoms with E-state index in [-0.39, 0.29) is 0 Å². The van der Waals surface area contributed by atoms with Crippen LogP contribution in [0.15, 0.2) is 35.1 Å². The average molecular weight is 215 g/mol. The Morgan fingerprint density at radius 3 is 3.12 bits per heavy atom. The van der Waals surface area contributed by atoms with Crippen LogP contribution in [0.1, 0.15) is 18.5 Å². The van der Waals surface area contributed by atoms with Gasteiger partial charge in [0.1, 0.15) is 0 Å². The van der Waals surface area contributed by atoms with Crippen LogP contribution in [0.4, 0.5) is 0 Å². The molecule has 0 saturated heterocycles. The van der Waals surface area contributed by atoms with E-state index >= 15 is 0 Å². The van der Waals surface area contributed by atoms with Crippen LogP contribution in [-0.2, 0) is 6.54 Å². The molecule has 4 nitrogen and oxygen atoms in total. The molecule has 0 unspecified atom stereocenters. The molecule has 1 N–H and O–H groups in total. The van der Waals surface area contributed by atoms with Crippen LogP contribution >= 0.6 is 0 Å². The second-order valence-electron chi connectivity index (χ2n) is 4.08. The van der Waals surface area contributed by atoms with Crippen molar-refractivity contribution in [3.05, 3.63) is 36.3 Å². The van der Waals surface area contributed by atoms with Crippen LogP contribution in [-0.4, -0.2) is 16.2 Å². The number of pyridine rings is 1. The van der Waals surface area contributed by atoms with Crippen LogP contribution in [0.3, 0.4) is 0 Å². The molecule has 2 aromatic heterocycles. The van der Waals surface area contributed by atoms with Gasteiger partial charge in [0, 0.05) is 36.6 Å². The highest BCUT2D eigenvalue weighted by molar-refractivity contribution is 5.55. The van der Waals surface area contributed by atoms with Crippen LogP contribution in [0, 0.1) is 0 Å². The molecule has 2 heterocycles. The standard InChI is InChI=1S/C12H13N3O/c1-2-9(7-13-5-1)12-6-11(15-16-12)8-14-10-3-4-10/h1-2,5-7,10,14H,3-4,8H2. The van der Waals surface area contributed by atoms with E-state index in [2.05, 4.69) is 15.5 Å². The molecular formula is C12H13N3O. The number of nitrogens with zero attached hydrogens (tertiary/aromatic N) is 2. The summed E-state index contributed by atoms with van der Waals surface area (Å²) in [6, 6.07) is 6.51. The van der Waals surface area contributed by atoms with Crippen LogP contribution in [0.2, 0.25) is 0 Å². The molecule has 1 aliphatic carbocycles. The lowest BCUT2D eigenvalue weighted by Gasteiger charge is -1.95. The van der Waals surface area contributed by atoms with Crippen LogP contribution in [0.5, 0.6) is 0 Å². The van der Waals surface area contributed by atoms with Crippen molar-refractivity contribution in [2.45, 2.75) is 25.4 Å². The summed E-state index contributed by atoms with van der Waals surface area (Å²) in [6.07, 6.45) is 6.09. The maximum absolute atomic E-state index is 5.27. The van der Waals surface area contributed by atoms with Crippen molar-refractivity contribution in [3.63, 3.8) is 0 Å². The normalized spacial score (nSPS) is 15.2. The van der Waals surface area contributed by atoms with E-state index < -0.39 is 0 Å². The summed E-state index contributed by atoms with van der Waals surface area (Å²) < 4.78 is 5.27. The van der Waals surface area contributed by atoms with E-state index in [1.807, 2.05) is 18.2 Å². The van der Waals surface area contributed by atoms with Gasteiger partial charge >= 0.3 is 0 Å². The minimum atomic E-state index is 0.693. The Kier molecular flexibility index (Phi) is 2.42. The molecule has 3 rings (SSSR count). The van der Waals surface area contributed by atoms with E-state index in [1.165, 1.54) is 12.8 Å². The Morgan fingerprint density at radius 2 is 2.38 bits per heavy atom. The molecule has 0 amide bonds. The van der Waals surface area contributed by atoms with E-state index in [4.69, 9.17) is 4.52 Å². The maximum atomic E-state index is 5.27. The largest absolute Gasteiger partial charge is 0.356 e. The summed E-state index contributed by atoms with van der Waals surface area (Å²) >= 11 is 0. The van der Waals surface area contributed by atoms with Gasteiger partial charge < -0.3 is 9.84 Å². The van der Waals surface area contributed by atoms with Crippen molar-refractivity contribution in [1.82, 2.24) is 15.5 Å². The lowest BCUT2D eigenvalue weighted by Crippen LogP contribution is -2.15. The second-order valence-corrected chi connectivity index (χ2v) is 4.08. The van der Waals surface area contributed by atoms with Gasteiger partial charge in [-0.05, 0) is 25.0 Å². The molecule has 0 spiro atoms. The predicted octanol–water partition coefficient (Wildman–Crippen LogP) is 1.99. The Balaban J connectivity index is 1.71. The summed E-state index contributed by atoms with van der Waals surface area (Å²) in [5.74, 6) is 0.778. The molecule has 1 saturated carbocycles. The zero-order valence-electron chi connectivity index (χ0n) is 8.89. The molecule has 16 heavy (non-hydrogen) atoms. The topological polar surface area (TPSA) is 51.0 Å². The lowest BCUT2D eigenvalue weighted by atomic mass is 10.2. The molecular weight excluding hydrogens is 202 g/mol. The second kappa shape index (κ2) is 4.06. The summed E-state index contributed by atoms with van der Waals surface area (Å²) in [7, 11) is 0. The Morgan fingerprint density at radius 1 is 1.44 bits per heavy atom. The summed E-state index contributed by atoms with van der Waals surface area (Å²) in [5, 5.41) is 7.43. The highest BCUT2D eigenvalue weighted by Crippen LogP contribution is 2.21. The quantitative estimate of drug-likeness (QED) is 0.847. The first-order chi connectivity index (χ1) is 7.92. The van der Waals surface area contributed by atoms with Crippen molar-refractivity contribution in [2.24, 2.45) is 0 Å². The van der Waals surface area contributed by atoms with E-state index in [1.54, 1.807) is 12.4 Å². The molecule has 4 heteroatoms. The fraction of sp³-hybridized carbons (Fsp3) is 0.333. The van der Waals surface area contributed by atoms with Crippen molar-refractivity contribution < 1.29 is 4.52 Å². The Labute approximate surface area is 93.7 Å². The highest BCUT2D eigenvalue weighted by Gasteiger charge is 2.20. The number of hydrogen-bond acceptors (Lipinski definition) is 4. The van der Waals surface area contributed by atoms with Gasteiger partial charge in [0.15, 0.2) is 5.76 Å². The van der Waals surface area contributed by atoms with Gasteiger partial charge in [-0.3, -0.25) is 4.98 Å². The number of aromatic nitrogens is 2. The zero-order valence-corrected chi connectivity index (χ0v) is 8.89. The van der Waals surface area contributed by atoms with Crippen LogP contribution in [0.25, 0.3) is 11.3 Å². The molecule has 0 bridgehead atoms. The van der Waals surface area contributed by atoms with E-state index in [0.29, 0.717) is 6.04 Å². The fourth-order valence-corrected chi connectivity index (χ4v) is 1.58. The first-order valence-electron chi connectivity index (χ1n) is 5.51. The molecule has 0 aliphatic heterocycles. The van der Waals surface area contributed by atoms with E-state index in [0.717, 1.165) is 23.6 Å². The molecule has 1 fully saturated rings. The van der Waals surface area contributed by atoms with Gasteiger partial charge in [0.2, 0.25) is 0 Å². The van der Waals surface area contributed by atoms with Gasteiger partial charge in [0.25, 0.3) is 0 Å². The molecule has 0 aromatic carbocycles. The zero-order chi connectivity index (χ0) is 10.8. The SMILES string of the molecule is c1cncc(-c2cc(CNC3CC3)no2)c1. The third-order valence-corrected chi connectivity index (χ3v) is 2.65. The fourth-order valence-electron chi connectivity index (χ4n) is 1.58. The smallest absolute Gasteiger partial charge is 0.168 e. The summed E-state index contributed by atoms with van der Waals surface area (Å²) in [4.78, 5) is 4.05. The van der Waals surface area contributed by atoms with Gasteiger partial charge in [-0.2, -0.15) is 0 Å². The summed E-state index contributed by atoms with van der Waals surface area (Å²) in [5.41, 5.74) is 1.92. The van der Waals surface area contributed by atoms with Gasteiger partial charge in [-0.1, -0.05) is 5.16 Å². The van der Waals surface area contributed by atoms with Crippen molar-refractivity contribution in [2.75, 3.05) is 0 Å². The maximum Gasteiger partial charge on any atom is 0.168 e. The van der Waals surface area contributed by atoms with Crippen molar-refractivity contribution in [1.29, 1.82) is 0 Å². The van der Waals surface area contributed by atoms with Gasteiger partial charge in [-0.25, -0.2) is 0 Å². The lowest BCUT2D eigenvalue weighted by molar-refractivity contribution is 0.420. The minimum absolute atomic E-state index is 0.693. The molecule has 1 aliphatic rings. The monoisotopic (exact) mass is 215 g/mol. The molecule has 82 valence electrons. The summed E-state index contributed by atoms with van der Waals surface area (Å²) in [6.45, 7) is 0.786. The first-order valence-corrected chi connectivity index (χ1v) is 5.51. The molecule has 0 atom stereocenters. The van der Waals surface area contributed by atoms with Crippen LogP contribution < -0.4 is 5.32 Å². The third kappa shape index (κ3) is 2.12. The number of hydrogen-bond donors (Lipinski definition) is 1. The van der Waals surface area contributed by atoms with Gasteiger partial charge in [-0.15, -0.1) is 0 Å². The van der Waals surface area contributed by atoms with E-state index in [9.17, 15) is 0 Å². The van der Waals surface area contributed by atoms with Gasteiger partial charge in [0.05, 0.1) is 5.69 Å². The Bertz CT molecular complexity index is 462. The van der Waals surface area contributed by atoms with Crippen molar-refractivity contribution in [3.8, 4) is 11.3 Å². The first kappa shape index (κ1) is 9.54. The predicted molar refractivity (Wildman–Crippen MR) is 59.6 cm³/mol. The highest BCUT2D eigenvalue weighted by atomic mass is 16.5. The molecule has 2 aromatic rings. The number of rotatable bonds is 4. The average Bonchev–Trinajstić information content (AvgIpc) is 3.05. The van der Waals surface area contributed by atoms with Crippen molar-refractivity contribution >= 4 is 0 Å². The number of nitrogens with one attached hydrogen (secondary N) is 1. The molecule has 0 radical (unpaired) electrons. The third-order valence-electron chi connectivity index (χ3n) is 2.65. The minimum Gasteiger partial charge on any atom is -0.356 e. The Hall–Kier alpha value is -1.68.